The Balaban J connectivity index is 1.81. The van der Waals surface area contributed by atoms with Crippen molar-refractivity contribution in [3.63, 3.8) is 0 Å². The molecule has 0 radical (unpaired) electrons. The minimum Gasteiger partial charge on any atom is -0.375 e. The largest absolute Gasteiger partial charge is 0.375 e. The molecule has 4 nitrogen and oxygen atoms in total. The Hall–Kier alpha value is -1.46. The predicted octanol–water partition coefficient (Wildman–Crippen LogP) is 1.80. The summed E-state index contributed by atoms with van der Waals surface area (Å²) in [6.07, 6.45) is 2.18. The van der Waals surface area contributed by atoms with Gasteiger partial charge in [-0.3, -0.25) is 9.69 Å². The fraction of sp³-hybridized carbons (Fsp3) is 0.562. The Bertz CT molecular complexity index is 467. The number of rotatable bonds is 6. The predicted molar refractivity (Wildman–Crippen MR) is 79.3 cm³/mol. The molecule has 0 bridgehead atoms. The maximum atomic E-state index is 13.7. The van der Waals surface area contributed by atoms with Crippen LogP contribution in [-0.2, 0) is 16.1 Å². The first kappa shape index (κ1) is 15.9. The number of methoxy groups -OCH3 is 1. The summed E-state index contributed by atoms with van der Waals surface area (Å²) < 4.78 is 18.5. The molecule has 0 aromatic heterocycles. The SMILES string of the molecule is COCC(=O)NC[C@@H]1CCCN(Cc2ccccc2F)C1. The molecule has 1 aromatic rings. The van der Waals surface area contributed by atoms with Crippen molar-refractivity contribution in [3.05, 3.63) is 35.6 Å². The lowest BCUT2D eigenvalue weighted by molar-refractivity contribution is -0.125. The number of carbonyl (C=O) groups excluding carboxylic acids is 1. The molecule has 1 heterocycles. The second kappa shape index (κ2) is 8.10. The van der Waals surface area contributed by atoms with E-state index in [1.807, 2.05) is 12.1 Å². The van der Waals surface area contributed by atoms with Crippen LogP contribution in [0.2, 0.25) is 0 Å². The number of nitrogens with zero attached hydrogens (tertiary/aromatic N) is 1. The third-order valence-electron chi connectivity index (χ3n) is 3.82. The molecule has 1 aromatic carbocycles. The Kier molecular flexibility index (Phi) is 6.14. The number of benzene rings is 1. The average molecular weight is 294 g/mol. The van der Waals surface area contributed by atoms with Crippen molar-refractivity contribution in [2.75, 3.05) is 33.4 Å². The van der Waals surface area contributed by atoms with Gasteiger partial charge in [0.05, 0.1) is 0 Å². The topological polar surface area (TPSA) is 41.6 Å². The number of piperidine rings is 1. The van der Waals surface area contributed by atoms with Crippen molar-refractivity contribution in [1.82, 2.24) is 10.2 Å². The molecule has 1 aliphatic heterocycles. The highest BCUT2D eigenvalue weighted by Gasteiger charge is 2.21. The van der Waals surface area contributed by atoms with Gasteiger partial charge in [-0.15, -0.1) is 0 Å². The van der Waals surface area contributed by atoms with Gasteiger partial charge >= 0.3 is 0 Å². The van der Waals surface area contributed by atoms with Crippen LogP contribution < -0.4 is 5.32 Å². The zero-order chi connectivity index (χ0) is 15.1. The molecule has 1 aliphatic rings. The Morgan fingerprint density at radius 1 is 1.48 bits per heavy atom. The van der Waals surface area contributed by atoms with Crippen LogP contribution in [0, 0.1) is 11.7 Å². The van der Waals surface area contributed by atoms with E-state index >= 15 is 0 Å². The molecule has 0 unspecified atom stereocenters. The number of hydrogen-bond acceptors (Lipinski definition) is 3. The quantitative estimate of drug-likeness (QED) is 0.870. The molecule has 1 amide bonds. The number of halogens is 1. The lowest BCUT2D eigenvalue weighted by atomic mass is 9.97. The Morgan fingerprint density at radius 3 is 3.05 bits per heavy atom. The van der Waals surface area contributed by atoms with Crippen molar-refractivity contribution < 1.29 is 13.9 Å². The molecule has 1 fully saturated rings. The molecule has 1 N–H and O–H groups in total. The summed E-state index contributed by atoms with van der Waals surface area (Å²) in [6, 6.07) is 6.91. The van der Waals surface area contributed by atoms with Gasteiger partial charge in [0.25, 0.3) is 0 Å². The third kappa shape index (κ3) is 5.10. The Labute approximate surface area is 125 Å². The summed E-state index contributed by atoms with van der Waals surface area (Å²) in [6.45, 7) is 3.27. The molecule has 0 aliphatic carbocycles. The van der Waals surface area contributed by atoms with Gasteiger partial charge in [-0.05, 0) is 31.4 Å². The standard InChI is InChI=1S/C16H23FN2O2/c1-21-12-16(20)18-9-13-5-4-8-19(10-13)11-14-6-2-3-7-15(14)17/h2-3,6-7,13H,4-5,8-12H2,1H3,(H,18,20)/t13-/m0/s1. The minimum absolute atomic E-state index is 0.0799. The smallest absolute Gasteiger partial charge is 0.245 e. The molecule has 116 valence electrons. The summed E-state index contributed by atoms with van der Waals surface area (Å²) in [7, 11) is 1.51. The number of nitrogens with one attached hydrogen (secondary N) is 1. The Morgan fingerprint density at radius 2 is 2.29 bits per heavy atom. The van der Waals surface area contributed by atoms with Crippen molar-refractivity contribution in [2.24, 2.45) is 5.92 Å². The molecule has 5 heteroatoms. The highest BCUT2D eigenvalue weighted by molar-refractivity contribution is 5.77. The minimum atomic E-state index is -0.145. The highest BCUT2D eigenvalue weighted by atomic mass is 19.1. The van der Waals surface area contributed by atoms with E-state index in [1.54, 1.807) is 6.07 Å². The summed E-state index contributed by atoms with van der Waals surface area (Å²) in [4.78, 5) is 13.7. The molecule has 21 heavy (non-hydrogen) atoms. The van der Waals surface area contributed by atoms with Crippen molar-refractivity contribution in [1.29, 1.82) is 0 Å². The fourth-order valence-corrected chi connectivity index (χ4v) is 2.77. The van der Waals surface area contributed by atoms with E-state index in [4.69, 9.17) is 4.74 Å². The number of carbonyl (C=O) groups is 1. The van der Waals surface area contributed by atoms with Gasteiger partial charge in [0.15, 0.2) is 0 Å². The number of ether oxygens (including phenoxy) is 1. The van der Waals surface area contributed by atoms with E-state index in [9.17, 15) is 9.18 Å². The second-order valence-corrected chi connectivity index (χ2v) is 5.57. The zero-order valence-corrected chi connectivity index (χ0v) is 12.5. The van der Waals surface area contributed by atoms with E-state index in [0.717, 1.165) is 31.5 Å². The number of amides is 1. The van der Waals surface area contributed by atoms with Gasteiger partial charge in [0, 0.05) is 32.3 Å². The van der Waals surface area contributed by atoms with E-state index in [2.05, 4.69) is 10.2 Å². The summed E-state index contributed by atoms with van der Waals surface area (Å²) in [5, 5.41) is 2.88. The van der Waals surface area contributed by atoms with Crippen LogP contribution in [0.3, 0.4) is 0 Å². The first-order valence-electron chi connectivity index (χ1n) is 7.40. The monoisotopic (exact) mass is 294 g/mol. The highest BCUT2D eigenvalue weighted by Crippen LogP contribution is 2.19. The number of hydrogen-bond donors (Lipinski definition) is 1. The van der Waals surface area contributed by atoms with E-state index < -0.39 is 0 Å². The van der Waals surface area contributed by atoms with Crippen LogP contribution >= 0.6 is 0 Å². The van der Waals surface area contributed by atoms with Crippen LogP contribution in [-0.4, -0.2) is 44.2 Å². The van der Waals surface area contributed by atoms with Crippen LogP contribution in [0.4, 0.5) is 4.39 Å². The van der Waals surface area contributed by atoms with Gasteiger partial charge in [0.2, 0.25) is 5.91 Å². The van der Waals surface area contributed by atoms with Gasteiger partial charge in [0.1, 0.15) is 12.4 Å². The van der Waals surface area contributed by atoms with Crippen LogP contribution in [0.25, 0.3) is 0 Å². The molecule has 0 spiro atoms. The van der Waals surface area contributed by atoms with E-state index in [-0.39, 0.29) is 18.3 Å². The van der Waals surface area contributed by atoms with Crippen LogP contribution in [0.1, 0.15) is 18.4 Å². The third-order valence-corrected chi connectivity index (χ3v) is 3.82. The molecule has 1 atom stereocenters. The van der Waals surface area contributed by atoms with Crippen molar-refractivity contribution >= 4 is 5.91 Å². The molecule has 0 saturated carbocycles. The molecular weight excluding hydrogens is 271 g/mol. The summed E-state index contributed by atoms with van der Waals surface area (Å²) in [5.74, 6) is 0.197. The van der Waals surface area contributed by atoms with Crippen molar-refractivity contribution in [2.45, 2.75) is 19.4 Å². The van der Waals surface area contributed by atoms with Crippen molar-refractivity contribution in [3.8, 4) is 0 Å². The second-order valence-electron chi connectivity index (χ2n) is 5.57. The van der Waals surface area contributed by atoms with Gasteiger partial charge in [-0.1, -0.05) is 18.2 Å². The first-order valence-corrected chi connectivity index (χ1v) is 7.40. The van der Waals surface area contributed by atoms with Crippen LogP contribution in [0.15, 0.2) is 24.3 Å². The molecule has 2 rings (SSSR count). The van der Waals surface area contributed by atoms with E-state index in [1.165, 1.54) is 13.2 Å². The fourth-order valence-electron chi connectivity index (χ4n) is 2.77. The normalized spacial score (nSPS) is 19.4. The average Bonchev–Trinajstić information content (AvgIpc) is 2.48. The molecule has 1 saturated heterocycles. The lowest BCUT2D eigenvalue weighted by Crippen LogP contribution is -2.41. The zero-order valence-electron chi connectivity index (χ0n) is 12.5. The summed E-state index contributed by atoms with van der Waals surface area (Å²) >= 11 is 0. The maximum absolute atomic E-state index is 13.7. The number of likely N-dealkylation sites (tertiary alicyclic amines) is 1. The lowest BCUT2D eigenvalue weighted by Gasteiger charge is -2.32. The van der Waals surface area contributed by atoms with Gasteiger partial charge in [-0.25, -0.2) is 4.39 Å². The van der Waals surface area contributed by atoms with Gasteiger partial charge < -0.3 is 10.1 Å². The molecular formula is C16H23FN2O2. The summed E-state index contributed by atoms with van der Waals surface area (Å²) in [5.41, 5.74) is 0.738. The van der Waals surface area contributed by atoms with E-state index in [0.29, 0.717) is 19.0 Å². The van der Waals surface area contributed by atoms with Gasteiger partial charge in [-0.2, -0.15) is 0 Å². The first-order chi connectivity index (χ1) is 10.2. The maximum Gasteiger partial charge on any atom is 0.245 e. The van der Waals surface area contributed by atoms with Crippen LogP contribution in [0.5, 0.6) is 0 Å².